The lowest BCUT2D eigenvalue weighted by molar-refractivity contribution is -0.123. The van der Waals surface area contributed by atoms with Crippen molar-refractivity contribution in [1.29, 1.82) is 0 Å². The maximum atomic E-state index is 12.8. The highest BCUT2D eigenvalue weighted by Gasteiger charge is 2.36. The van der Waals surface area contributed by atoms with Gasteiger partial charge in [-0.25, -0.2) is 9.79 Å². The molecule has 3 amide bonds. The van der Waals surface area contributed by atoms with Gasteiger partial charge in [0.05, 0.1) is 6.04 Å². The lowest BCUT2D eigenvalue weighted by Gasteiger charge is -2.30. The molecule has 0 saturated carbocycles. The number of aromatic nitrogens is 1. The van der Waals surface area contributed by atoms with E-state index in [0.29, 0.717) is 23.7 Å². The minimum Gasteiger partial charge on any atom is -0.355 e. The summed E-state index contributed by atoms with van der Waals surface area (Å²) in [6.45, 7) is 2.17. The van der Waals surface area contributed by atoms with Gasteiger partial charge in [-0.3, -0.25) is 9.78 Å². The normalized spacial score (nSPS) is 19.5. The molecule has 6 nitrogen and oxygen atoms in total. The van der Waals surface area contributed by atoms with Crippen LogP contribution in [0.5, 0.6) is 0 Å². The van der Waals surface area contributed by atoms with Crippen LogP contribution in [0.1, 0.15) is 24.1 Å². The summed E-state index contributed by atoms with van der Waals surface area (Å²) in [5.74, 6) is -0.764. The van der Waals surface area contributed by atoms with Gasteiger partial charge in [0.25, 0.3) is 0 Å². The number of nitrogens with zero attached hydrogens (tertiary/aromatic N) is 2. The summed E-state index contributed by atoms with van der Waals surface area (Å²) in [5.41, 5.74) is 2.30. The van der Waals surface area contributed by atoms with Gasteiger partial charge < -0.3 is 10.6 Å². The summed E-state index contributed by atoms with van der Waals surface area (Å²) in [5, 5.41) is 6.25. The Labute approximate surface area is 156 Å². The molecule has 2 aromatic rings. The van der Waals surface area contributed by atoms with E-state index in [1.54, 1.807) is 37.5 Å². The van der Waals surface area contributed by atoms with Crippen molar-refractivity contribution in [3.8, 4) is 0 Å². The molecular weight excluding hydrogens is 352 g/mol. The monoisotopic (exact) mass is 370 g/mol. The molecule has 134 valence electrons. The molecule has 0 saturated heterocycles. The van der Waals surface area contributed by atoms with Gasteiger partial charge in [0.1, 0.15) is 5.92 Å². The predicted molar refractivity (Wildman–Crippen MR) is 100 cm³/mol. The number of hydrogen-bond donors (Lipinski definition) is 2. The molecule has 7 heteroatoms. The summed E-state index contributed by atoms with van der Waals surface area (Å²) in [6, 6.07) is 10.00. The van der Waals surface area contributed by atoms with Crippen molar-refractivity contribution < 1.29 is 9.59 Å². The average molecular weight is 371 g/mol. The van der Waals surface area contributed by atoms with Crippen LogP contribution >= 0.6 is 11.6 Å². The molecule has 2 unspecified atom stereocenters. The molecule has 0 fully saturated rings. The Morgan fingerprint density at radius 2 is 2.15 bits per heavy atom. The summed E-state index contributed by atoms with van der Waals surface area (Å²) >= 11 is 6.07. The molecule has 2 N–H and O–H groups in total. The van der Waals surface area contributed by atoms with E-state index >= 15 is 0 Å². The second kappa shape index (κ2) is 8.10. The second-order valence-corrected chi connectivity index (χ2v) is 6.55. The van der Waals surface area contributed by atoms with Gasteiger partial charge >= 0.3 is 6.03 Å². The van der Waals surface area contributed by atoms with Crippen molar-refractivity contribution in [3.63, 3.8) is 0 Å². The zero-order valence-corrected chi connectivity index (χ0v) is 15.0. The Kier molecular flexibility index (Phi) is 5.63. The van der Waals surface area contributed by atoms with Gasteiger partial charge in [-0.1, -0.05) is 29.8 Å². The number of halogens is 1. The lowest BCUT2D eigenvalue weighted by Crippen LogP contribution is -2.47. The van der Waals surface area contributed by atoms with Crippen molar-refractivity contribution in [1.82, 2.24) is 15.6 Å². The van der Waals surface area contributed by atoms with E-state index in [4.69, 9.17) is 11.6 Å². The number of nitrogens with one attached hydrogen (secondary N) is 2. The third kappa shape index (κ3) is 4.26. The quantitative estimate of drug-likeness (QED) is 0.848. The van der Waals surface area contributed by atoms with Gasteiger partial charge in [-0.05, 0) is 42.7 Å². The van der Waals surface area contributed by atoms with E-state index in [2.05, 4.69) is 20.6 Å². The Morgan fingerprint density at radius 1 is 1.31 bits per heavy atom. The first-order chi connectivity index (χ1) is 12.5. The second-order valence-electron chi connectivity index (χ2n) is 6.12. The van der Waals surface area contributed by atoms with E-state index in [-0.39, 0.29) is 5.91 Å². The van der Waals surface area contributed by atoms with E-state index in [1.807, 2.05) is 18.2 Å². The van der Waals surface area contributed by atoms with Gasteiger partial charge in [0.2, 0.25) is 5.91 Å². The third-order valence-electron chi connectivity index (χ3n) is 4.27. The maximum absolute atomic E-state index is 12.8. The van der Waals surface area contributed by atoms with Gasteiger partial charge in [0, 0.05) is 29.7 Å². The molecule has 3 rings (SSSR count). The van der Waals surface area contributed by atoms with Crippen molar-refractivity contribution >= 4 is 29.3 Å². The highest BCUT2D eigenvalue weighted by Crippen LogP contribution is 2.28. The standard InChI is InChI=1S/C19H19ClN4O2/c1-12-16(18(25)22-9-7-13-4-3-8-21-11-13)17(24-19(26)23-12)14-5-2-6-15(20)10-14/h2-6,8,10-11,16-17H,7,9H2,1H3,(H,22,25)(H,24,26). The Bertz CT molecular complexity index is 838. The van der Waals surface area contributed by atoms with Crippen LogP contribution in [-0.4, -0.2) is 29.2 Å². The predicted octanol–water partition coefficient (Wildman–Crippen LogP) is 2.94. The Hall–Kier alpha value is -2.73. The molecule has 1 aromatic heterocycles. The maximum Gasteiger partial charge on any atom is 0.341 e. The van der Waals surface area contributed by atoms with Crippen LogP contribution in [0.15, 0.2) is 53.8 Å². The first-order valence-electron chi connectivity index (χ1n) is 8.32. The average Bonchev–Trinajstić information content (AvgIpc) is 2.62. The molecule has 0 radical (unpaired) electrons. The number of urea groups is 1. The fourth-order valence-corrected chi connectivity index (χ4v) is 3.22. The summed E-state index contributed by atoms with van der Waals surface area (Å²) in [6.07, 6.45) is 4.16. The van der Waals surface area contributed by atoms with Crippen LogP contribution in [-0.2, 0) is 11.2 Å². The lowest BCUT2D eigenvalue weighted by atomic mass is 9.87. The van der Waals surface area contributed by atoms with Gasteiger partial charge in [0.15, 0.2) is 0 Å². The molecule has 1 aliphatic rings. The number of rotatable bonds is 5. The van der Waals surface area contributed by atoms with Crippen LogP contribution in [0.25, 0.3) is 0 Å². The first-order valence-corrected chi connectivity index (χ1v) is 8.70. The smallest absolute Gasteiger partial charge is 0.341 e. The number of benzene rings is 1. The highest BCUT2D eigenvalue weighted by molar-refractivity contribution is 6.30. The number of carbonyl (C=O) groups excluding carboxylic acids is 2. The largest absolute Gasteiger partial charge is 0.355 e. The van der Waals surface area contributed by atoms with Crippen molar-refractivity contribution in [3.05, 3.63) is 64.9 Å². The van der Waals surface area contributed by atoms with Crippen LogP contribution < -0.4 is 10.6 Å². The van der Waals surface area contributed by atoms with Crippen LogP contribution in [0.2, 0.25) is 5.02 Å². The SMILES string of the molecule is CC1=NC(=O)NC(c2cccc(Cl)c2)C1C(=O)NCCc1cccnc1. The molecular formula is C19H19ClN4O2. The summed E-state index contributed by atoms with van der Waals surface area (Å²) in [4.78, 5) is 32.6. The molecule has 26 heavy (non-hydrogen) atoms. The molecule has 2 atom stereocenters. The topological polar surface area (TPSA) is 83.5 Å². The molecule has 0 bridgehead atoms. The van der Waals surface area contributed by atoms with Crippen LogP contribution in [0.4, 0.5) is 4.79 Å². The van der Waals surface area contributed by atoms with E-state index in [9.17, 15) is 9.59 Å². The van der Waals surface area contributed by atoms with E-state index in [1.165, 1.54) is 0 Å². The fraction of sp³-hybridized carbons (Fsp3) is 0.263. The molecule has 1 aromatic carbocycles. The molecule has 0 spiro atoms. The minimum absolute atomic E-state index is 0.180. The Balaban J connectivity index is 1.74. The summed E-state index contributed by atoms with van der Waals surface area (Å²) in [7, 11) is 0. The van der Waals surface area contributed by atoms with Crippen LogP contribution in [0.3, 0.4) is 0 Å². The van der Waals surface area contributed by atoms with Crippen molar-refractivity contribution in [2.24, 2.45) is 10.9 Å². The highest BCUT2D eigenvalue weighted by atomic mass is 35.5. The van der Waals surface area contributed by atoms with E-state index < -0.39 is 18.0 Å². The van der Waals surface area contributed by atoms with Crippen LogP contribution in [0, 0.1) is 5.92 Å². The molecule has 2 heterocycles. The third-order valence-corrected chi connectivity index (χ3v) is 4.50. The molecule has 0 aliphatic carbocycles. The zero-order chi connectivity index (χ0) is 18.5. The minimum atomic E-state index is -0.583. The van der Waals surface area contributed by atoms with Crippen molar-refractivity contribution in [2.45, 2.75) is 19.4 Å². The van der Waals surface area contributed by atoms with Gasteiger partial charge in [-0.2, -0.15) is 0 Å². The number of aliphatic imine (C=N–C) groups is 1. The first kappa shape index (κ1) is 18.1. The van der Waals surface area contributed by atoms with Gasteiger partial charge in [-0.15, -0.1) is 0 Å². The molecule has 1 aliphatic heterocycles. The van der Waals surface area contributed by atoms with Crippen molar-refractivity contribution in [2.75, 3.05) is 6.54 Å². The zero-order valence-electron chi connectivity index (χ0n) is 14.3. The summed E-state index contributed by atoms with van der Waals surface area (Å²) < 4.78 is 0. The number of pyridine rings is 1. The number of amides is 3. The Morgan fingerprint density at radius 3 is 2.88 bits per heavy atom. The number of hydrogen-bond acceptors (Lipinski definition) is 3. The fourth-order valence-electron chi connectivity index (χ4n) is 3.02. The number of carbonyl (C=O) groups is 2. The van der Waals surface area contributed by atoms with E-state index in [0.717, 1.165) is 11.1 Å².